The minimum absolute atomic E-state index is 0.236. The molecule has 0 rings (SSSR count). The van der Waals surface area contributed by atoms with Crippen molar-refractivity contribution in [3.8, 4) is 0 Å². The highest BCUT2D eigenvalue weighted by Crippen LogP contribution is 1.96. The number of nitrogens with zero attached hydrogens (tertiary/aromatic N) is 1. The number of hydrogen-bond acceptors (Lipinski definition) is 4. The van der Waals surface area contributed by atoms with Crippen molar-refractivity contribution in [2.24, 2.45) is 4.99 Å². The fraction of sp³-hybridized carbons (Fsp3) is 0.375. The fourth-order valence-electron chi connectivity index (χ4n) is 0.506. The van der Waals surface area contributed by atoms with Gasteiger partial charge in [-0.1, -0.05) is 6.58 Å². The maximum absolute atomic E-state index is 10.9. The lowest BCUT2D eigenvalue weighted by atomic mass is 10.1. The standard InChI is InChI=1S/C8H9NO3/c1-6(2)8(12)3-7(11)4-9-5-10/h1,3-4H2,2H3. The maximum Gasteiger partial charge on any atom is 0.235 e. The number of allylic oxidation sites excluding steroid dienone is 1. The zero-order valence-corrected chi connectivity index (χ0v) is 6.79. The minimum atomic E-state index is -0.397. The molecule has 0 amide bonds. The smallest absolute Gasteiger partial charge is 0.235 e. The largest absolute Gasteiger partial charge is 0.297 e. The molecule has 0 aromatic rings. The van der Waals surface area contributed by atoms with Crippen molar-refractivity contribution in [3.63, 3.8) is 0 Å². The highest BCUT2D eigenvalue weighted by Gasteiger charge is 2.08. The van der Waals surface area contributed by atoms with Crippen molar-refractivity contribution >= 4 is 17.6 Å². The van der Waals surface area contributed by atoms with Gasteiger partial charge >= 0.3 is 0 Å². The van der Waals surface area contributed by atoms with E-state index in [0.717, 1.165) is 0 Å². The molecule has 64 valence electrons. The van der Waals surface area contributed by atoms with Gasteiger partial charge in [0.2, 0.25) is 6.08 Å². The molecule has 4 nitrogen and oxygen atoms in total. The molecule has 0 fully saturated rings. The number of aliphatic imine (C=N–C) groups is 1. The van der Waals surface area contributed by atoms with Gasteiger partial charge in [-0.25, -0.2) is 4.79 Å². The SMILES string of the molecule is C=C(C)C(=O)CC(=O)CN=C=O. The van der Waals surface area contributed by atoms with Crippen molar-refractivity contribution in [1.29, 1.82) is 0 Å². The van der Waals surface area contributed by atoms with Gasteiger partial charge in [0.25, 0.3) is 0 Å². The van der Waals surface area contributed by atoms with Crippen molar-refractivity contribution in [1.82, 2.24) is 0 Å². The lowest BCUT2D eigenvalue weighted by molar-refractivity contribution is -0.124. The molecule has 0 unspecified atom stereocenters. The molecule has 0 spiro atoms. The molecule has 0 atom stereocenters. The third-order valence-corrected chi connectivity index (χ3v) is 1.15. The number of carbonyl (C=O) groups is 2. The van der Waals surface area contributed by atoms with E-state index in [9.17, 15) is 14.4 Å². The van der Waals surface area contributed by atoms with Gasteiger partial charge in [-0.3, -0.25) is 9.59 Å². The van der Waals surface area contributed by atoms with E-state index in [1.807, 2.05) is 0 Å². The number of hydrogen-bond donors (Lipinski definition) is 0. The van der Waals surface area contributed by atoms with Crippen LogP contribution in [0.25, 0.3) is 0 Å². The van der Waals surface area contributed by atoms with Crippen LogP contribution in [0.5, 0.6) is 0 Å². The summed E-state index contributed by atoms with van der Waals surface area (Å²) >= 11 is 0. The Balaban J connectivity index is 3.93. The lowest BCUT2D eigenvalue weighted by Crippen LogP contribution is -2.10. The molecule has 0 saturated carbocycles. The summed E-state index contributed by atoms with van der Waals surface area (Å²) in [7, 11) is 0. The number of Topliss-reactive ketones (excluding diaryl/α,β-unsaturated/α-hetero) is 2. The summed E-state index contributed by atoms with van der Waals surface area (Å²) in [5.74, 6) is -0.715. The van der Waals surface area contributed by atoms with E-state index < -0.39 is 5.78 Å². The molecule has 0 N–H and O–H groups in total. The average Bonchev–Trinajstić information content (AvgIpc) is 2.00. The van der Waals surface area contributed by atoms with Gasteiger partial charge < -0.3 is 0 Å². The van der Waals surface area contributed by atoms with E-state index in [-0.39, 0.29) is 18.7 Å². The maximum atomic E-state index is 10.9. The Morgan fingerprint density at radius 2 is 2.08 bits per heavy atom. The summed E-state index contributed by atoms with van der Waals surface area (Å²) in [5.41, 5.74) is 0.332. The number of rotatable bonds is 5. The lowest BCUT2D eigenvalue weighted by Gasteiger charge is -1.94. The zero-order valence-electron chi connectivity index (χ0n) is 6.79. The highest BCUT2D eigenvalue weighted by molar-refractivity contribution is 6.07. The Hall–Kier alpha value is -1.54. The first kappa shape index (κ1) is 10.5. The molecule has 0 bridgehead atoms. The molecule has 4 heteroatoms. The first-order valence-corrected chi connectivity index (χ1v) is 3.32. The monoisotopic (exact) mass is 167 g/mol. The van der Waals surface area contributed by atoms with Crippen LogP contribution < -0.4 is 0 Å². The van der Waals surface area contributed by atoms with Crippen LogP contribution in [0.4, 0.5) is 0 Å². The van der Waals surface area contributed by atoms with E-state index >= 15 is 0 Å². The van der Waals surface area contributed by atoms with Crippen LogP contribution in [0.15, 0.2) is 17.1 Å². The normalized spacial score (nSPS) is 8.42. The van der Waals surface area contributed by atoms with E-state index in [4.69, 9.17) is 0 Å². The average molecular weight is 167 g/mol. The topological polar surface area (TPSA) is 63.6 Å². The second-order valence-corrected chi connectivity index (χ2v) is 2.33. The van der Waals surface area contributed by atoms with E-state index in [0.29, 0.717) is 5.57 Å². The molecule has 12 heavy (non-hydrogen) atoms. The van der Waals surface area contributed by atoms with E-state index in [1.54, 1.807) is 0 Å². The molecular weight excluding hydrogens is 158 g/mol. The summed E-state index contributed by atoms with van der Waals surface area (Å²) in [6.07, 6.45) is 0.986. The fourth-order valence-corrected chi connectivity index (χ4v) is 0.506. The number of carbonyl (C=O) groups excluding carboxylic acids is 3. The minimum Gasteiger partial charge on any atom is -0.297 e. The van der Waals surface area contributed by atoms with Crippen LogP contribution in [-0.4, -0.2) is 24.2 Å². The first-order chi connectivity index (χ1) is 5.57. The summed E-state index contributed by atoms with van der Waals surface area (Å²) in [5, 5.41) is 0. The molecule has 0 aliphatic carbocycles. The summed E-state index contributed by atoms with van der Waals surface area (Å²) in [4.78, 5) is 34.3. The third kappa shape index (κ3) is 4.30. The molecule has 0 heterocycles. The Bertz CT molecular complexity index is 261. The van der Waals surface area contributed by atoms with E-state index in [2.05, 4.69) is 11.6 Å². The summed E-state index contributed by atoms with van der Waals surface area (Å²) in [6, 6.07) is 0. The summed E-state index contributed by atoms with van der Waals surface area (Å²) < 4.78 is 0. The molecule has 0 aliphatic rings. The van der Waals surface area contributed by atoms with Crippen molar-refractivity contribution in [2.75, 3.05) is 6.54 Å². The van der Waals surface area contributed by atoms with Crippen LogP contribution in [-0.2, 0) is 14.4 Å². The first-order valence-electron chi connectivity index (χ1n) is 3.32. The third-order valence-electron chi connectivity index (χ3n) is 1.15. The van der Waals surface area contributed by atoms with Crippen LogP contribution in [0, 0.1) is 0 Å². The molecule has 0 aliphatic heterocycles. The Labute approximate surface area is 70.0 Å². The number of isocyanates is 1. The van der Waals surface area contributed by atoms with Gasteiger partial charge in [0.05, 0.1) is 6.42 Å². The van der Waals surface area contributed by atoms with Gasteiger partial charge in [0.15, 0.2) is 11.6 Å². The predicted octanol–water partition coefficient (Wildman–Crippen LogP) is 0.427. The van der Waals surface area contributed by atoms with Crippen molar-refractivity contribution in [2.45, 2.75) is 13.3 Å². The van der Waals surface area contributed by atoms with Crippen LogP contribution in [0.1, 0.15) is 13.3 Å². The van der Waals surface area contributed by atoms with Gasteiger partial charge in [-0.05, 0) is 12.5 Å². The predicted molar refractivity (Wildman–Crippen MR) is 42.4 cm³/mol. The Morgan fingerprint density at radius 1 is 1.50 bits per heavy atom. The summed E-state index contributed by atoms with van der Waals surface area (Å²) in [6.45, 7) is 4.63. The molecule has 0 aromatic carbocycles. The Kier molecular flexibility index (Phi) is 4.49. The van der Waals surface area contributed by atoms with Crippen LogP contribution in [0.2, 0.25) is 0 Å². The quantitative estimate of drug-likeness (QED) is 0.258. The van der Waals surface area contributed by atoms with Gasteiger partial charge in [0, 0.05) is 0 Å². The Morgan fingerprint density at radius 3 is 2.50 bits per heavy atom. The molecule has 0 saturated heterocycles. The number of ketones is 2. The van der Waals surface area contributed by atoms with Crippen LogP contribution in [0.3, 0.4) is 0 Å². The van der Waals surface area contributed by atoms with Crippen molar-refractivity contribution in [3.05, 3.63) is 12.2 Å². The second-order valence-electron chi connectivity index (χ2n) is 2.33. The second kappa shape index (κ2) is 5.16. The van der Waals surface area contributed by atoms with Gasteiger partial charge in [-0.15, -0.1) is 0 Å². The van der Waals surface area contributed by atoms with Crippen molar-refractivity contribution < 1.29 is 14.4 Å². The molecular formula is C8H9NO3. The van der Waals surface area contributed by atoms with Crippen LogP contribution >= 0.6 is 0 Å². The highest BCUT2D eigenvalue weighted by atomic mass is 16.1. The zero-order chi connectivity index (χ0) is 9.56. The van der Waals surface area contributed by atoms with Gasteiger partial charge in [0.1, 0.15) is 6.54 Å². The van der Waals surface area contributed by atoms with Gasteiger partial charge in [-0.2, -0.15) is 4.99 Å². The van der Waals surface area contributed by atoms with E-state index in [1.165, 1.54) is 13.0 Å². The molecule has 0 radical (unpaired) electrons. The molecule has 0 aromatic heterocycles.